The number of hydrogen-bond donors (Lipinski definition) is 2. The number of anilines is 1. The number of thiazole rings is 1. The largest absolute Gasteiger partial charge is 0.489 e. The molecule has 0 spiro atoms. The Hall–Kier alpha value is -1.69. The molecule has 0 unspecified atom stereocenters. The summed E-state index contributed by atoms with van der Waals surface area (Å²) in [6.07, 6.45) is 0. The van der Waals surface area contributed by atoms with Crippen LogP contribution in [-0.4, -0.2) is 45.2 Å². The summed E-state index contributed by atoms with van der Waals surface area (Å²) < 4.78 is 31.5. The van der Waals surface area contributed by atoms with E-state index in [1.54, 1.807) is 18.4 Å². The molecule has 0 fully saturated rings. The van der Waals surface area contributed by atoms with E-state index in [2.05, 4.69) is 20.6 Å². The Balaban J connectivity index is 0.00000338. The standard InChI is InChI=1S/C16H21F2N5OS.HI/c1-19-15(21-9-12-10-25-16(22-12)23(2)3)20-6-7-24-14-5-4-11(17)8-13(14)18;/h4-5,8,10H,6-7,9H2,1-3H3,(H2,19,20,21);1H. The molecule has 2 N–H and O–H groups in total. The lowest BCUT2D eigenvalue weighted by Gasteiger charge is -2.12. The maximum Gasteiger partial charge on any atom is 0.191 e. The summed E-state index contributed by atoms with van der Waals surface area (Å²) in [6, 6.07) is 3.21. The van der Waals surface area contributed by atoms with Gasteiger partial charge in [-0.25, -0.2) is 13.8 Å². The number of guanidine groups is 1. The number of halogens is 3. The van der Waals surface area contributed by atoms with Gasteiger partial charge in [0.15, 0.2) is 22.7 Å². The quantitative estimate of drug-likeness (QED) is 0.267. The topological polar surface area (TPSA) is 61.8 Å². The number of hydrogen-bond acceptors (Lipinski definition) is 5. The highest BCUT2D eigenvalue weighted by Crippen LogP contribution is 2.18. The van der Waals surface area contributed by atoms with Gasteiger partial charge in [-0.05, 0) is 12.1 Å². The molecule has 2 rings (SSSR count). The molecule has 0 aliphatic rings. The molecule has 1 aromatic carbocycles. The highest BCUT2D eigenvalue weighted by Gasteiger charge is 2.06. The van der Waals surface area contributed by atoms with Crippen molar-refractivity contribution in [2.45, 2.75) is 6.54 Å². The van der Waals surface area contributed by atoms with Gasteiger partial charge in [0.1, 0.15) is 12.4 Å². The minimum Gasteiger partial charge on any atom is -0.489 e. The van der Waals surface area contributed by atoms with Crippen LogP contribution < -0.4 is 20.3 Å². The van der Waals surface area contributed by atoms with Gasteiger partial charge in [0, 0.05) is 32.6 Å². The second-order valence-electron chi connectivity index (χ2n) is 5.29. The molecule has 0 radical (unpaired) electrons. The van der Waals surface area contributed by atoms with Gasteiger partial charge in [-0.15, -0.1) is 35.3 Å². The second-order valence-corrected chi connectivity index (χ2v) is 6.13. The average Bonchev–Trinajstić information content (AvgIpc) is 3.05. The van der Waals surface area contributed by atoms with Gasteiger partial charge in [-0.2, -0.15) is 0 Å². The molecule has 0 bridgehead atoms. The van der Waals surface area contributed by atoms with E-state index in [0.29, 0.717) is 19.0 Å². The van der Waals surface area contributed by atoms with E-state index >= 15 is 0 Å². The zero-order valence-electron chi connectivity index (χ0n) is 14.8. The molecule has 0 aliphatic carbocycles. The number of ether oxygens (including phenoxy) is 1. The van der Waals surface area contributed by atoms with Crippen LogP contribution in [0.25, 0.3) is 0 Å². The molecule has 10 heteroatoms. The van der Waals surface area contributed by atoms with Crippen molar-refractivity contribution < 1.29 is 13.5 Å². The summed E-state index contributed by atoms with van der Waals surface area (Å²) in [4.78, 5) is 10.5. The van der Waals surface area contributed by atoms with Crippen LogP contribution in [0.3, 0.4) is 0 Å². The van der Waals surface area contributed by atoms with Crippen molar-refractivity contribution in [2.75, 3.05) is 39.2 Å². The van der Waals surface area contributed by atoms with Crippen molar-refractivity contribution in [1.82, 2.24) is 15.6 Å². The van der Waals surface area contributed by atoms with Gasteiger partial charge < -0.3 is 20.3 Å². The first-order chi connectivity index (χ1) is 12.0. The van der Waals surface area contributed by atoms with E-state index in [9.17, 15) is 8.78 Å². The molecule has 0 amide bonds. The third kappa shape index (κ3) is 6.90. The molecule has 1 heterocycles. The highest BCUT2D eigenvalue weighted by atomic mass is 127. The Labute approximate surface area is 172 Å². The van der Waals surface area contributed by atoms with Crippen molar-refractivity contribution in [3.63, 3.8) is 0 Å². The Kier molecular flexibility index (Phi) is 9.55. The Bertz CT molecular complexity index is 726. The number of aromatic nitrogens is 1. The van der Waals surface area contributed by atoms with Crippen molar-refractivity contribution in [3.8, 4) is 5.75 Å². The number of rotatable bonds is 7. The molecule has 2 aromatic rings. The first kappa shape index (κ1) is 22.4. The van der Waals surface area contributed by atoms with Gasteiger partial charge in [0.25, 0.3) is 0 Å². The minimum atomic E-state index is -0.720. The lowest BCUT2D eigenvalue weighted by molar-refractivity contribution is 0.304. The summed E-state index contributed by atoms with van der Waals surface area (Å²) in [7, 11) is 5.54. The third-order valence-electron chi connectivity index (χ3n) is 3.13. The smallest absolute Gasteiger partial charge is 0.191 e. The molecular formula is C16H22F2IN5OS. The van der Waals surface area contributed by atoms with Gasteiger partial charge in [0.05, 0.1) is 18.8 Å². The van der Waals surface area contributed by atoms with E-state index < -0.39 is 11.6 Å². The van der Waals surface area contributed by atoms with Crippen LogP contribution in [-0.2, 0) is 6.54 Å². The van der Waals surface area contributed by atoms with Crippen LogP contribution in [0, 0.1) is 11.6 Å². The zero-order valence-corrected chi connectivity index (χ0v) is 17.9. The Morgan fingerprint density at radius 1 is 1.31 bits per heavy atom. The molecule has 0 saturated carbocycles. The molecule has 0 saturated heterocycles. The fraction of sp³-hybridized carbons (Fsp3) is 0.375. The first-order valence-electron chi connectivity index (χ1n) is 7.63. The highest BCUT2D eigenvalue weighted by molar-refractivity contribution is 14.0. The van der Waals surface area contributed by atoms with Crippen LogP contribution in [0.1, 0.15) is 5.69 Å². The fourth-order valence-electron chi connectivity index (χ4n) is 1.90. The molecule has 0 aliphatic heterocycles. The maximum absolute atomic E-state index is 13.4. The number of nitrogens with one attached hydrogen (secondary N) is 2. The SMILES string of the molecule is CN=C(NCCOc1ccc(F)cc1F)NCc1csc(N(C)C)n1.I. The van der Waals surface area contributed by atoms with Crippen LogP contribution in [0.15, 0.2) is 28.6 Å². The maximum atomic E-state index is 13.4. The van der Waals surface area contributed by atoms with Gasteiger partial charge in [-0.3, -0.25) is 4.99 Å². The Morgan fingerprint density at radius 2 is 2.08 bits per heavy atom. The van der Waals surface area contributed by atoms with Crippen LogP contribution >= 0.6 is 35.3 Å². The van der Waals surface area contributed by atoms with Crippen LogP contribution in [0.5, 0.6) is 5.75 Å². The first-order valence-corrected chi connectivity index (χ1v) is 8.51. The van der Waals surface area contributed by atoms with Crippen molar-refractivity contribution >= 4 is 46.4 Å². The number of aliphatic imine (C=N–C) groups is 1. The third-order valence-corrected chi connectivity index (χ3v) is 4.19. The lowest BCUT2D eigenvalue weighted by Crippen LogP contribution is -2.39. The Morgan fingerprint density at radius 3 is 2.69 bits per heavy atom. The van der Waals surface area contributed by atoms with Crippen molar-refractivity contribution in [3.05, 3.63) is 40.9 Å². The summed E-state index contributed by atoms with van der Waals surface area (Å²) >= 11 is 1.57. The van der Waals surface area contributed by atoms with E-state index in [-0.39, 0.29) is 36.3 Å². The van der Waals surface area contributed by atoms with E-state index in [1.165, 1.54) is 6.07 Å². The predicted molar refractivity (Wildman–Crippen MR) is 112 cm³/mol. The lowest BCUT2D eigenvalue weighted by atomic mass is 10.3. The summed E-state index contributed by atoms with van der Waals surface area (Å²) in [5, 5.41) is 9.12. The van der Waals surface area contributed by atoms with Crippen LogP contribution in [0.2, 0.25) is 0 Å². The number of nitrogens with zero attached hydrogens (tertiary/aromatic N) is 3. The van der Waals surface area contributed by atoms with E-state index in [4.69, 9.17) is 4.74 Å². The molecule has 26 heavy (non-hydrogen) atoms. The van der Waals surface area contributed by atoms with Gasteiger partial charge >= 0.3 is 0 Å². The summed E-state index contributed by atoms with van der Waals surface area (Å²) in [5.41, 5.74) is 0.918. The van der Waals surface area contributed by atoms with Crippen molar-refractivity contribution in [1.29, 1.82) is 0 Å². The normalized spacial score (nSPS) is 10.9. The summed E-state index contributed by atoms with van der Waals surface area (Å²) in [6.45, 7) is 1.17. The van der Waals surface area contributed by atoms with Crippen molar-refractivity contribution in [2.24, 2.45) is 4.99 Å². The number of benzene rings is 1. The van der Waals surface area contributed by atoms with Crippen LogP contribution in [0.4, 0.5) is 13.9 Å². The second kappa shape index (κ2) is 11.1. The van der Waals surface area contributed by atoms with Gasteiger partial charge in [0.2, 0.25) is 0 Å². The zero-order chi connectivity index (χ0) is 18.2. The monoisotopic (exact) mass is 497 g/mol. The minimum absolute atomic E-state index is 0. The average molecular weight is 497 g/mol. The van der Waals surface area contributed by atoms with Gasteiger partial charge in [-0.1, -0.05) is 0 Å². The molecule has 6 nitrogen and oxygen atoms in total. The molecule has 1 aromatic heterocycles. The molecule has 0 atom stereocenters. The van der Waals surface area contributed by atoms with E-state index in [1.807, 2.05) is 24.4 Å². The molecule has 144 valence electrons. The predicted octanol–water partition coefficient (Wildman–Crippen LogP) is 2.85. The fourth-order valence-corrected chi connectivity index (χ4v) is 2.66. The van der Waals surface area contributed by atoms with E-state index in [0.717, 1.165) is 23.0 Å². The molecular weight excluding hydrogens is 475 g/mol. The summed E-state index contributed by atoms with van der Waals surface area (Å²) in [5.74, 6) is -0.748.